The van der Waals surface area contributed by atoms with Gasteiger partial charge in [-0.1, -0.05) is 18.2 Å². The van der Waals surface area contributed by atoms with Gasteiger partial charge in [-0.3, -0.25) is 9.59 Å². The molecule has 2 amide bonds. The lowest BCUT2D eigenvalue weighted by Crippen LogP contribution is -2.51. The van der Waals surface area contributed by atoms with E-state index < -0.39 is 6.04 Å². The number of ether oxygens (including phenoxy) is 1. The van der Waals surface area contributed by atoms with Crippen molar-refractivity contribution in [3.8, 4) is 5.88 Å². The molecular formula is C25H31N5O3. The minimum Gasteiger partial charge on any atom is -0.475 e. The van der Waals surface area contributed by atoms with Gasteiger partial charge in [0.1, 0.15) is 6.04 Å². The van der Waals surface area contributed by atoms with E-state index in [4.69, 9.17) is 10.5 Å². The molecule has 33 heavy (non-hydrogen) atoms. The van der Waals surface area contributed by atoms with E-state index in [1.54, 1.807) is 6.20 Å². The predicted octanol–water partition coefficient (Wildman–Crippen LogP) is 2.53. The maximum absolute atomic E-state index is 13.7. The molecule has 0 radical (unpaired) electrons. The number of aromatic amines is 1. The molecule has 8 nitrogen and oxygen atoms in total. The SMILES string of the molecule is CC(C)Oc1cc(CN(C(=O)[C@H](Cc2c[nH]c3ccccc23)NC(=O)CN)C2CC2)ccn1. The summed E-state index contributed by atoms with van der Waals surface area (Å²) in [6.07, 6.45) is 5.91. The van der Waals surface area contributed by atoms with Crippen LogP contribution in [0.4, 0.5) is 0 Å². The number of aromatic nitrogens is 2. The van der Waals surface area contributed by atoms with Gasteiger partial charge in [0.05, 0.1) is 12.6 Å². The summed E-state index contributed by atoms with van der Waals surface area (Å²) >= 11 is 0. The lowest BCUT2D eigenvalue weighted by atomic mass is 10.0. The fourth-order valence-corrected chi connectivity index (χ4v) is 4.00. The number of hydrogen-bond donors (Lipinski definition) is 3. The summed E-state index contributed by atoms with van der Waals surface area (Å²) in [5.74, 6) is 0.0886. The van der Waals surface area contributed by atoms with Crippen molar-refractivity contribution in [3.63, 3.8) is 0 Å². The number of benzene rings is 1. The second-order valence-corrected chi connectivity index (χ2v) is 8.75. The van der Waals surface area contributed by atoms with Crippen LogP contribution in [0.25, 0.3) is 10.9 Å². The summed E-state index contributed by atoms with van der Waals surface area (Å²) in [5, 5.41) is 3.89. The van der Waals surface area contributed by atoms with E-state index in [2.05, 4.69) is 15.3 Å². The molecule has 1 atom stereocenters. The topological polar surface area (TPSA) is 113 Å². The third kappa shape index (κ3) is 5.70. The molecule has 2 heterocycles. The molecule has 174 valence electrons. The minimum atomic E-state index is -0.700. The Bertz CT molecular complexity index is 1120. The van der Waals surface area contributed by atoms with Crippen LogP contribution >= 0.6 is 0 Å². The molecule has 0 saturated heterocycles. The minimum absolute atomic E-state index is 0.0148. The van der Waals surface area contributed by atoms with Gasteiger partial charge in [-0.25, -0.2) is 4.98 Å². The number of fused-ring (bicyclic) bond motifs is 1. The Labute approximate surface area is 193 Å². The van der Waals surface area contributed by atoms with E-state index in [-0.39, 0.29) is 30.5 Å². The highest BCUT2D eigenvalue weighted by atomic mass is 16.5. The summed E-state index contributed by atoms with van der Waals surface area (Å²) in [7, 11) is 0. The zero-order valence-electron chi connectivity index (χ0n) is 19.1. The highest BCUT2D eigenvalue weighted by Gasteiger charge is 2.36. The number of amides is 2. The lowest BCUT2D eigenvalue weighted by molar-refractivity contribution is -0.137. The third-order valence-electron chi connectivity index (χ3n) is 5.70. The first kappa shape index (κ1) is 22.8. The van der Waals surface area contributed by atoms with Crippen LogP contribution in [0.2, 0.25) is 0 Å². The van der Waals surface area contributed by atoms with Gasteiger partial charge < -0.3 is 25.7 Å². The van der Waals surface area contributed by atoms with E-state index in [1.807, 2.05) is 61.3 Å². The first-order valence-electron chi connectivity index (χ1n) is 11.4. The summed E-state index contributed by atoms with van der Waals surface area (Å²) in [6.45, 7) is 4.17. The molecule has 0 bridgehead atoms. The monoisotopic (exact) mass is 449 g/mol. The molecule has 1 aromatic carbocycles. The van der Waals surface area contributed by atoms with Gasteiger partial charge in [0, 0.05) is 48.4 Å². The highest BCUT2D eigenvalue weighted by Crippen LogP contribution is 2.30. The fourth-order valence-electron chi connectivity index (χ4n) is 4.00. The molecule has 0 spiro atoms. The molecule has 8 heteroatoms. The largest absolute Gasteiger partial charge is 0.475 e. The summed E-state index contributed by atoms with van der Waals surface area (Å²) < 4.78 is 5.71. The van der Waals surface area contributed by atoms with Gasteiger partial charge in [-0.2, -0.15) is 0 Å². The summed E-state index contributed by atoms with van der Waals surface area (Å²) in [5.41, 5.74) is 8.47. The van der Waals surface area contributed by atoms with E-state index in [0.717, 1.165) is 34.9 Å². The Hall–Kier alpha value is -3.39. The average Bonchev–Trinajstić information content (AvgIpc) is 3.57. The van der Waals surface area contributed by atoms with Crippen LogP contribution in [0.5, 0.6) is 5.88 Å². The van der Waals surface area contributed by atoms with Crippen molar-refractivity contribution in [1.29, 1.82) is 0 Å². The van der Waals surface area contributed by atoms with Gasteiger partial charge in [0.25, 0.3) is 0 Å². The maximum atomic E-state index is 13.7. The molecule has 3 aromatic rings. The quantitative estimate of drug-likeness (QED) is 0.440. The molecule has 2 aromatic heterocycles. The van der Waals surface area contributed by atoms with Crippen molar-refractivity contribution in [3.05, 3.63) is 59.9 Å². The predicted molar refractivity (Wildman–Crippen MR) is 127 cm³/mol. The lowest BCUT2D eigenvalue weighted by Gasteiger charge is -2.28. The van der Waals surface area contributed by atoms with Crippen LogP contribution in [0.1, 0.15) is 37.8 Å². The second kappa shape index (κ2) is 10.0. The number of carbonyl (C=O) groups excluding carboxylic acids is 2. The van der Waals surface area contributed by atoms with Crippen molar-refractivity contribution >= 4 is 22.7 Å². The van der Waals surface area contributed by atoms with Crippen molar-refractivity contribution in [2.45, 2.75) is 57.8 Å². The molecule has 1 aliphatic carbocycles. The Morgan fingerprint density at radius 1 is 1.27 bits per heavy atom. The highest BCUT2D eigenvalue weighted by molar-refractivity contribution is 5.90. The van der Waals surface area contributed by atoms with Crippen LogP contribution in [0.15, 0.2) is 48.8 Å². The molecule has 1 aliphatic rings. The van der Waals surface area contributed by atoms with Gasteiger partial charge in [0.15, 0.2) is 0 Å². The Kier molecular flexibility index (Phi) is 6.93. The van der Waals surface area contributed by atoms with Crippen molar-refractivity contribution in [2.75, 3.05) is 6.54 Å². The normalized spacial score (nSPS) is 14.3. The number of H-pyrrole nitrogens is 1. The number of pyridine rings is 1. The van der Waals surface area contributed by atoms with E-state index in [1.165, 1.54) is 0 Å². The molecule has 1 fully saturated rings. The van der Waals surface area contributed by atoms with E-state index in [9.17, 15) is 9.59 Å². The molecule has 0 aliphatic heterocycles. The molecule has 0 unspecified atom stereocenters. The average molecular weight is 450 g/mol. The number of para-hydroxylation sites is 1. The number of hydrogen-bond acceptors (Lipinski definition) is 5. The van der Waals surface area contributed by atoms with Crippen LogP contribution in [0, 0.1) is 0 Å². The number of nitrogens with zero attached hydrogens (tertiary/aromatic N) is 2. The molecule has 4 N–H and O–H groups in total. The Morgan fingerprint density at radius 2 is 2.06 bits per heavy atom. The van der Waals surface area contributed by atoms with Gasteiger partial charge in [-0.15, -0.1) is 0 Å². The Morgan fingerprint density at radius 3 is 2.79 bits per heavy atom. The van der Waals surface area contributed by atoms with Gasteiger partial charge in [0.2, 0.25) is 17.7 Å². The second-order valence-electron chi connectivity index (χ2n) is 8.75. The molecular weight excluding hydrogens is 418 g/mol. The van der Waals surface area contributed by atoms with Gasteiger partial charge >= 0.3 is 0 Å². The first-order chi connectivity index (χ1) is 15.9. The zero-order chi connectivity index (χ0) is 23.4. The van der Waals surface area contributed by atoms with Crippen LogP contribution in [-0.2, 0) is 22.6 Å². The maximum Gasteiger partial charge on any atom is 0.246 e. The standard InChI is InChI=1S/C25H31N5O3/c1-16(2)33-24-11-17(9-10-27-24)15-30(19-7-8-19)25(32)22(29-23(31)13-26)12-18-14-28-21-6-4-3-5-20(18)21/h3-6,9-11,14,16,19,22,28H,7-8,12-13,15,26H2,1-2H3,(H,29,31)/t22-/m0/s1. The van der Waals surface area contributed by atoms with Crippen LogP contribution < -0.4 is 15.8 Å². The van der Waals surface area contributed by atoms with Crippen molar-refractivity contribution in [1.82, 2.24) is 20.2 Å². The number of nitrogens with two attached hydrogens (primary N) is 1. The van der Waals surface area contributed by atoms with Gasteiger partial charge in [-0.05, 0) is 49.9 Å². The number of carbonyl (C=O) groups is 2. The number of nitrogens with one attached hydrogen (secondary N) is 2. The fraction of sp³-hybridized carbons (Fsp3) is 0.400. The third-order valence-corrected chi connectivity index (χ3v) is 5.70. The molecule has 4 rings (SSSR count). The Balaban J connectivity index is 1.57. The zero-order valence-corrected chi connectivity index (χ0v) is 19.1. The first-order valence-corrected chi connectivity index (χ1v) is 11.4. The summed E-state index contributed by atoms with van der Waals surface area (Å²) in [6, 6.07) is 11.2. The van der Waals surface area contributed by atoms with Crippen LogP contribution in [-0.4, -0.2) is 51.4 Å². The smallest absolute Gasteiger partial charge is 0.246 e. The summed E-state index contributed by atoms with van der Waals surface area (Å²) in [4.78, 5) is 35.3. The van der Waals surface area contributed by atoms with E-state index in [0.29, 0.717) is 18.8 Å². The van der Waals surface area contributed by atoms with Crippen molar-refractivity contribution < 1.29 is 14.3 Å². The van der Waals surface area contributed by atoms with E-state index >= 15 is 0 Å². The number of rotatable bonds is 10. The van der Waals surface area contributed by atoms with Crippen molar-refractivity contribution in [2.24, 2.45) is 5.73 Å². The van der Waals surface area contributed by atoms with Crippen LogP contribution in [0.3, 0.4) is 0 Å². The molecule has 1 saturated carbocycles.